The Kier molecular flexibility index (Phi) is 10.4. The molecule has 0 unspecified atom stereocenters. The minimum absolute atomic E-state index is 0.0676. The molecule has 2 saturated carbocycles. The number of carbonyl (C=O) groups excluding carboxylic acids is 2. The molecule has 4 aliphatic rings. The third-order valence-electron chi connectivity index (χ3n) is 13.7. The van der Waals surface area contributed by atoms with Gasteiger partial charge < -0.3 is 24.4 Å². The summed E-state index contributed by atoms with van der Waals surface area (Å²) in [5, 5.41) is 20.1. The number of aliphatic carboxylic acids is 1. The molecule has 0 heterocycles. The van der Waals surface area contributed by atoms with Gasteiger partial charge in [0.2, 0.25) is 0 Å². The van der Waals surface area contributed by atoms with Crippen LogP contribution in [0.25, 0.3) is 0 Å². The van der Waals surface area contributed by atoms with Gasteiger partial charge in [0, 0.05) is 23.4 Å². The molecule has 0 saturated heterocycles. The van der Waals surface area contributed by atoms with E-state index in [4.69, 9.17) is 9.47 Å². The Labute approximate surface area is 282 Å². The lowest BCUT2D eigenvalue weighted by atomic mass is 9.43. The standard InChI is InChI=1S/C39H60O8/c1-23(25(3)34(42)43)12-13-24(2)26-16-19-38(8)27-14-15-29-35(4,5)30(47-33(41)22-36(6,44)21-32(40)46-11)17-18-37(29,7)28(27)20-31(45-10)39(26,38)9/h14,20,24-26,29-31,44H,1,12-13,15-19,21-22H2,2-11H3,(H,42,43)/t24-,25+,26-,29+,30-,31+,36+,37-,38+,39+/m1/s1. The molecule has 264 valence electrons. The number of fused-ring (bicyclic) bond motifs is 5. The van der Waals surface area contributed by atoms with Crippen molar-refractivity contribution in [2.75, 3.05) is 14.2 Å². The van der Waals surface area contributed by atoms with Gasteiger partial charge in [0.1, 0.15) is 6.10 Å². The van der Waals surface area contributed by atoms with E-state index in [-0.39, 0.29) is 52.6 Å². The van der Waals surface area contributed by atoms with Gasteiger partial charge in [0.15, 0.2) is 0 Å². The molecular formula is C39H60O8. The molecule has 0 aliphatic heterocycles. The number of hydrogen-bond donors (Lipinski definition) is 2. The maximum absolute atomic E-state index is 13.1. The molecule has 0 radical (unpaired) electrons. The van der Waals surface area contributed by atoms with Gasteiger partial charge in [-0.1, -0.05) is 65.8 Å². The van der Waals surface area contributed by atoms with E-state index in [2.05, 4.69) is 65.0 Å². The van der Waals surface area contributed by atoms with Crippen LogP contribution < -0.4 is 0 Å². The molecular weight excluding hydrogens is 596 g/mol. The number of methoxy groups -OCH3 is 2. The summed E-state index contributed by atoms with van der Waals surface area (Å²) in [5.74, 6) is -1.39. The van der Waals surface area contributed by atoms with Crippen LogP contribution in [0.2, 0.25) is 0 Å². The van der Waals surface area contributed by atoms with E-state index in [0.717, 1.165) is 37.7 Å². The lowest BCUT2D eigenvalue weighted by Crippen LogP contribution is -2.58. The van der Waals surface area contributed by atoms with Crippen molar-refractivity contribution in [2.45, 2.75) is 131 Å². The Morgan fingerprint density at radius 1 is 1.02 bits per heavy atom. The molecule has 2 N–H and O–H groups in total. The fraction of sp³-hybridized carbons (Fsp3) is 0.769. The number of allylic oxidation sites excluding steroid dienone is 3. The highest BCUT2D eigenvalue weighted by Crippen LogP contribution is 2.72. The molecule has 0 spiro atoms. The molecule has 10 atom stereocenters. The third kappa shape index (κ3) is 6.38. The van der Waals surface area contributed by atoms with Gasteiger partial charge >= 0.3 is 17.9 Å². The van der Waals surface area contributed by atoms with Gasteiger partial charge in [-0.15, -0.1) is 0 Å². The van der Waals surface area contributed by atoms with E-state index in [9.17, 15) is 24.6 Å². The smallest absolute Gasteiger partial charge is 0.310 e. The monoisotopic (exact) mass is 656 g/mol. The Bertz CT molecular complexity index is 1320. The molecule has 0 aromatic carbocycles. The summed E-state index contributed by atoms with van der Waals surface area (Å²) in [4.78, 5) is 36.3. The summed E-state index contributed by atoms with van der Waals surface area (Å²) in [6.07, 6.45) is 10.2. The quantitative estimate of drug-likeness (QED) is 0.164. The van der Waals surface area contributed by atoms with E-state index in [1.165, 1.54) is 25.2 Å². The first-order valence-electron chi connectivity index (χ1n) is 17.5. The summed E-state index contributed by atoms with van der Waals surface area (Å²) in [6.45, 7) is 21.3. The first-order chi connectivity index (χ1) is 21.7. The predicted octanol–water partition coefficient (Wildman–Crippen LogP) is 7.45. The number of carboxylic acid groups (broad SMARTS) is 1. The van der Waals surface area contributed by atoms with E-state index < -0.39 is 29.4 Å². The highest BCUT2D eigenvalue weighted by atomic mass is 16.5. The second-order valence-electron chi connectivity index (χ2n) is 16.8. The summed E-state index contributed by atoms with van der Waals surface area (Å²) in [6, 6.07) is 0. The molecule has 4 aliphatic carbocycles. The molecule has 0 aromatic heterocycles. The van der Waals surface area contributed by atoms with Crippen LogP contribution in [0, 0.1) is 45.3 Å². The van der Waals surface area contributed by atoms with Crippen molar-refractivity contribution in [3.63, 3.8) is 0 Å². The fourth-order valence-corrected chi connectivity index (χ4v) is 10.4. The van der Waals surface area contributed by atoms with Crippen LogP contribution in [-0.4, -0.2) is 60.1 Å². The molecule has 47 heavy (non-hydrogen) atoms. The van der Waals surface area contributed by atoms with Crippen LogP contribution in [0.1, 0.15) is 113 Å². The number of aliphatic hydroxyl groups is 1. The summed E-state index contributed by atoms with van der Waals surface area (Å²) < 4.78 is 17.2. The second kappa shape index (κ2) is 13.1. The number of carboxylic acids is 1. The summed E-state index contributed by atoms with van der Waals surface area (Å²) in [5.41, 5.74) is 1.44. The van der Waals surface area contributed by atoms with Gasteiger partial charge in [0.05, 0.1) is 37.6 Å². The second-order valence-corrected chi connectivity index (χ2v) is 16.8. The average Bonchev–Trinajstić information content (AvgIpc) is 3.27. The van der Waals surface area contributed by atoms with Gasteiger partial charge in [-0.05, 0) is 93.1 Å². The average molecular weight is 657 g/mol. The Morgan fingerprint density at radius 3 is 2.26 bits per heavy atom. The summed E-state index contributed by atoms with van der Waals surface area (Å²) in [7, 11) is 3.09. The SMILES string of the molecule is C=C(CC[C@@H](C)[C@H]1CC[C@@]2(C)C3=CC[C@H]4C(C)(C)[C@H](OC(=O)C[C@@](C)(O)CC(=O)OC)CC[C@]4(C)C3=C[C@H](OC)[C@]12C)[C@H](C)C(=O)O. The van der Waals surface area contributed by atoms with Crippen molar-refractivity contribution in [2.24, 2.45) is 45.3 Å². The zero-order valence-corrected chi connectivity index (χ0v) is 30.5. The minimum Gasteiger partial charge on any atom is -0.481 e. The van der Waals surface area contributed by atoms with E-state index in [0.29, 0.717) is 24.7 Å². The third-order valence-corrected chi connectivity index (χ3v) is 13.7. The number of ether oxygens (including phenoxy) is 3. The Morgan fingerprint density at radius 2 is 1.66 bits per heavy atom. The van der Waals surface area contributed by atoms with Gasteiger partial charge in [-0.3, -0.25) is 14.4 Å². The van der Waals surface area contributed by atoms with Gasteiger partial charge in [-0.25, -0.2) is 0 Å². The number of carbonyl (C=O) groups is 3. The van der Waals surface area contributed by atoms with Crippen molar-refractivity contribution in [1.82, 2.24) is 0 Å². The first-order valence-corrected chi connectivity index (χ1v) is 17.5. The number of hydrogen-bond acceptors (Lipinski definition) is 7. The van der Waals surface area contributed by atoms with Crippen LogP contribution in [0.5, 0.6) is 0 Å². The lowest BCUT2D eigenvalue weighted by molar-refractivity contribution is -0.173. The molecule has 2 fully saturated rings. The van der Waals surface area contributed by atoms with Crippen molar-refractivity contribution >= 4 is 17.9 Å². The Balaban J connectivity index is 1.58. The van der Waals surface area contributed by atoms with Crippen LogP contribution in [-0.2, 0) is 28.6 Å². The zero-order valence-electron chi connectivity index (χ0n) is 30.5. The molecule has 8 nitrogen and oxygen atoms in total. The molecule has 0 bridgehead atoms. The van der Waals surface area contributed by atoms with E-state index in [1.807, 2.05) is 7.11 Å². The van der Waals surface area contributed by atoms with Crippen molar-refractivity contribution < 1.29 is 38.8 Å². The number of rotatable bonds is 12. The van der Waals surface area contributed by atoms with Gasteiger partial charge in [0.25, 0.3) is 0 Å². The molecule has 8 heteroatoms. The topological polar surface area (TPSA) is 119 Å². The van der Waals surface area contributed by atoms with Crippen LogP contribution in [0.15, 0.2) is 35.5 Å². The van der Waals surface area contributed by atoms with Crippen molar-refractivity contribution in [3.05, 3.63) is 35.5 Å². The highest BCUT2D eigenvalue weighted by molar-refractivity contribution is 5.75. The Hall–Kier alpha value is -2.45. The first kappa shape index (κ1) is 37.4. The van der Waals surface area contributed by atoms with Crippen LogP contribution in [0.4, 0.5) is 0 Å². The maximum Gasteiger partial charge on any atom is 0.310 e. The molecule has 0 amide bonds. The predicted molar refractivity (Wildman–Crippen MR) is 181 cm³/mol. The summed E-state index contributed by atoms with van der Waals surface area (Å²) >= 11 is 0. The number of esters is 2. The zero-order chi connectivity index (χ0) is 35.3. The molecule has 4 rings (SSSR count). The normalized spacial score (nSPS) is 36.7. The maximum atomic E-state index is 13.1. The van der Waals surface area contributed by atoms with Crippen molar-refractivity contribution in [3.8, 4) is 0 Å². The minimum atomic E-state index is -1.54. The van der Waals surface area contributed by atoms with E-state index in [1.54, 1.807) is 6.92 Å². The van der Waals surface area contributed by atoms with Crippen LogP contribution >= 0.6 is 0 Å². The van der Waals surface area contributed by atoms with Crippen LogP contribution in [0.3, 0.4) is 0 Å². The van der Waals surface area contributed by atoms with Crippen molar-refractivity contribution in [1.29, 1.82) is 0 Å². The largest absolute Gasteiger partial charge is 0.481 e. The van der Waals surface area contributed by atoms with Gasteiger partial charge in [-0.2, -0.15) is 0 Å². The van der Waals surface area contributed by atoms with E-state index >= 15 is 0 Å². The lowest BCUT2D eigenvalue weighted by Gasteiger charge is -2.62. The highest BCUT2D eigenvalue weighted by Gasteiger charge is 2.66. The molecule has 0 aromatic rings. The fourth-order valence-electron chi connectivity index (χ4n) is 10.4.